The molecule has 1 N–H and O–H groups in total. The molecule has 0 saturated heterocycles. The van der Waals surface area contributed by atoms with Crippen molar-refractivity contribution in [1.82, 2.24) is 0 Å². The Morgan fingerprint density at radius 1 is 1.62 bits per heavy atom. The van der Waals surface area contributed by atoms with Gasteiger partial charge in [-0.15, -0.1) is 0 Å². The van der Waals surface area contributed by atoms with Crippen LogP contribution in [0.4, 0.5) is 5.69 Å². The Labute approximate surface area is 76.0 Å². The van der Waals surface area contributed by atoms with Crippen LogP contribution in [0.25, 0.3) is 0 Å². The van der Waals surface area contributed by atoms with Crippen LogP contribution in [-0.2, 0) is 0 Å². The number of hydrogen-bond donors (Lipinski definition) is 1. The van der Waals surface area contributed by atoms with Crippen molar-refractivity contribution in [1.29, 1.82) is 0 Å². The minimum atomic E-state index is -0.437. The van der Waals surface area contributed by atoms with E-state index in [-0.39, 0.29) is 18.2 Å². The maximum atomic E-state index is 10.4. The van der Waals surface area contributed by atoms with Crippen LogP contribution >= 0.6 is 0 Å². The molecule has 1 aromatic carbocycles. The minimum absolute atomic E-state index is 0.00116. The topological polar surface area (TPSA) is 63.4 Å². The number of aliphatic hydroxyl groups is 1. The second-order valence-electron chi connectivity index (χ2n) is 2.94. The number of rotatable bonds is 3. The molecule has 0 radical (unpaired) electrons. The smallest absolute Gasteiger partial charge is 0.269 e. The summed E-state index contributed by atoms with van der Waals surface area (Å²) < 4.78 is 0. The van der Waals surface area contributed by atoms with Crippen molar-refractivity contribution < 1.29 is 10.0 Å². The van der Waals surface area contributed by atoms with Crippen LogP contribution in [0.5, 0.6) is 0 Å². The second-order valence-corrected chi connectivity index (χ2v) is 2.94. The van der Waals surface area contributed by atoms with Gasteiger partial charge in [-0.05, 0) is 5.56 Å². The Bertz CT molecular complexity index is 311. The van der Waals surface area contributed by atoms with E-state index in [0.29, 0.717) is 0 Å². The van der Waals surface area contributed by atoms with E-state index >= 15 is 0 Å². The molecule has 4 heteroatoms. The van der Waals surface area contributed by atoms with E-state index in [0.717, 1.165) is 5.56 Å². The minimum Gasteiger partial charge on any atom is -0.396 e. The van der Waals surface area contributed by atoms with Crippen LogP contribution in [0.3, 0.4) is 0 Å². The summed E-state index contributed by atoms with van der Waals surface area (Å²) in [5.74, 6) is -0.0556. The van der Waals surface area contributed by atoms with Crippen LogP contribution in [0.2, 0.25) is 0 Å². The van der Waals surface area contributed by atoms with E-state index in [1.54, 1.807) is 12.1 Å². The Kier molecular flexibility index (Phi) is 2.97. The first-order valence-electron chi connectivity index (χ1n) is 4.00. The number of nitro benzene ring substituents is 1. The Morgan fingerprint density at radius 3 is 2.85 bits per heavy atom. The molecule has 0 aromatic heterocycles. The van der Waals surface area contributed by atoms with Gasteiger partial charge in [-0.25, -0.2) is 0 Å². The SMILES string of the molecule is C[C@@H](CO)c1cccc([N+](=O)[O-])c1. The number of aliphatic hydroxyl groups excluding tert-OH is 1. The van der Waals surface area contributed by atoms with E-state index in [2.05, 4.69) is 0 Å². The third-order valence-corrected chi connectivity index (χ3v) is 1.92. The highest BCUT2D eigenvalue weighted by molar-refractivity contribution is 5.35. The molecule has 0 amide bonds. The largest absolute Gasteiger partial charge is 0.396 e. The predicted octanol–water partition coefficient (Wildman–Crippen LogP) is 1.69. The van der Waals surface area contributed by atoms with Crippen LogP contribution < -0.4 is 0 Å². The van der Waals surface area contributed by atoms with Gasteiger partial charge < -0.3 is 5.11 Å². The van der Waals surface area contributed by atoms with E-state index in [1.165, 1.54) is 12.1 Å². The maximum absolute atomic E-state index is 10.4. The van der Waals surface area contributed by atoms with Gasteiger partial charge in [-0.1, -0.05) is 19.1 Å². The van der Waals surface area contributed by atoms with E-state index in [9.17, 15) is 10.1 Å². The first-order valence-corrected chi connectivity index (χ1v) is 4.00. The molecule has 1 rings (SSSR count). The van der Waals surface area contributed by atoms with E-state index in [1.807, 2.05) is 6.92 Å². The van der Waals surface area contributed by atoms with Gasteiger partial charge in [0.2, 0.25) is 0 Å². The average molecular weight is 181 g/mol. The lowest BCUT2D eigenvalue weighted by molar-refractivity contribution is -0.384. The van der Waals surface area contributed by atoms with Crippen LogP contribution in [0.1, 0.15) is 18.4 Å². The number of nitrogens with zero attached hydrogens (tertiary/aromatic N) is 1. The Balaban J connectivity index is 2.98. The zero-order valence-electron chi connectivity index (χ0n) is 7.30. The summed E-state index contributed by atoms with van der Waals surface area (Å²) in [4.78, 5) is 9.97. The molecule has 0 aliphatic rings. The monoisotopic (exact) mass is 181 g/mol. The van der Waals surface area contributed by atoms with Crippen molar-refractivity contribution in [3.63, 3.8) is 0 Å². The normalized spacial score (nSPS) is 12.5. The zero-order chi connectivity index (χ0) is 9.84. The fraction of sp³-hybridized carbons (Fsp3) is 0.333. The van der Waals surface area contributed by atoms with Gasteiger partial charge in [0.05, 0.1) is 4.92 Å². The highest BCUT2D eigenvalue weighted by atomic mass is 16.6. The molecule has 0 spiro atoms. The molecule has 0 heterocycles. The summed E-state index contributed by atoms with van der Waals surface area (Å²) in [6, 6.07) is 6.32. The first-order chi connectivity index (χ1) is 6.15. The molecule has 1 atom stereocenters. The summed E-state index contributed by atoms with van der Waals surface area (Å²) in [7, 11) is 0. The lowest BCUT2D eigenvalue weighted by atomic mass is 10.0. The van der Waals surface area contributed by atoms with Gasteiger partial charge in [0.25, 0.3) is 5.69 Å². The van der Waals surface area contributed by atoms with E-state index < -0.39 is 4.92 Å². The highest BCUT2D eigenvalue weighted by Gasteiger charge is 2.09. The molecule has 1 aromatic rings. The summed E-state index contributed by atoms with van der Waals surface area (Å²) in [6.45, 7) is 1.82. The highest BCUT2D eigenvalue weighted by Crippen LogP contribution is 2.19. The quantitative estimate of drug-likeness (QED) is 0.570. The summed E-state index contributed by atoms with van der Waals surface area (Å²) in [6.07, 6.45) is 0. The van der Waals surface area contributed by atoms with Crippen molar-refractivity contribution in [2.45, 2.75) is 12.8 Å². The molecular formula is C9H11NO3. The molecular weight excluding hydrogens is 170 g/mol. The van der Waals surface area contributed by atoms with Gasteiger partial charge in [0, 0.05) is 24.7 Å². The van der Waals surface area contributed by atoms with Crippen LogP contribution in [0.15, 0.2) is 24.3 Å². The molecule has 0 fully saturated rings. The summed E-state index contributed by atoms with van der Waals surface area (Å²) in [5.41, 5.74) is 0.856. The number of hydrogen-bond acceptors (Lipinski definition) is 3. The average Bonchev–Trinajstić information content (AvgIpc) is 2.17. The first kappa shape index (κ1) is 9.67. The van der Waals surface area contributed by atoms with Gasteiger partial charge in [-0.3, -0.25) is 10.1 Å². The third kappa shape index (κ3) is 2.26. The van der Waals surface area contributed by atoms with Gasteiger partial charge in [-0.2, -0.15) is 0 Å². The fourth-order valence-electron chi connectivity index (χ4n) is 1.05. The zero-order valence-corrected chi connectivity index (χ0v) is 7.30. The standard InChI is InChI=1S/C9H11NO3/c1-7(6-11)8-3-2-4-9(5-8)10(12)13/h2-5,7,11H,6H2,1H3/t7-/m0/s1. The van der Waals surface area contributed by atoms with Crippen molar-refractivity contribution >= 4 is 5.69 Å². The number of benzene rings is 1. The van der Waals surface area contributed by atoms with Gasteiger partial charge >= 0.3 is 0 Å². The molecule has 0 aliphatic carbocycles. The van der Waals surface area contributed by atoms with E-state index in [4.69, 9.17) is 5.11 Å². The Morgan fingerprint density at radius 2 is 2.31 bits per heavy atom. The predicted molar refractivity (Wildman–Crippen MR) is 48.6 cm³/mol. The lowest BCUT2D eigenvalue weighted by Gasteiger charge is -2.06. The van der Waals surface area contributed by atoms with Gasteiger partial charge in [0.15, 0.2) is 0 Å². The van der Waals surface area contributed by atoms with Crippen molar-refractivity contribution in [3.05, 3.63) is 39.9 Å². The van der Waals surface area contributed by atoms with Crippen molar-refractivity contribution in [2.24, 2.45) is 0 Å². The lowest BCUT2D eigenvalue weighted by Crippen LogP contribution is -1.99. The summed E-state index contributed by atoms with van der Waals surface area (Å²) in [5, 5.41) is 19.3. The molecule has 0 unspecified atom stereocenters. The summed E-state index contributed by atoms with van der Waals surface area (Å²) >= 11 is 0. The van der Waals surface area contributed by atoms with Gasteiger partial charge in [0.1, 0.15) is 0 Å². The molecule has 4 nitrogen and oxygen atoms in total. The Hall–Kier alpha value is -1.42. The van der Waals surface area contributed by atoms with Crippen LogP contribution in [0, 0.1) is 10.1 Å². The van der Waals surface area contributed by atoms with Crippen molar-refractivity contribution in [2.75, 3.05) is 6.61 Å². The van der Waals surface area contributed by atoms with Crippen LogP contribution in [-0.4, -0.2) is 16.6 Å². The molecule has 0 saturated carbocycles. The molecule has 0 bridgehead atoms. The molecule has 70 valence electrons. The number of nitro groups is 1. The number of non-ortho nitro benzene ring substituents is 1. The maximum Gasteiger partial charge on any atom is 0.269 e. The molecule has 0 aliphatic heterocycles. The fourth-order valence-corrected chi connectivity index (χ4v) is 1.05. The third-order valence-electron chi connectivity index (χ3n) is 1.92. The van der Waals surface area contributed by atoms with Crippen molar-refractivity contribution in [3.8, 4) is 0 Å². The second kappa shape index (κ2) is 4.00. The molecule has 13 heavy (non-hydrogen) atoms.